The lowest BCUT2D eigenvalue weighted by Gasteiger charge is -2.11. The minimum atomic E-state index is -1.16. The van der Waals surface area contributed by atoms with Gasteiger partial charge in [0.25, 0.3) is 5.91 Å². The van der Waals surface area contributed by atoms with Crippen LogP contribution in [0.5, 0.6) is 0 Å². The smallest absolute Gasteiger partial charge is 0.352 e. The van der Waals surface area contributed by atoms with Crippen molar-refractivity contribution in [1.29, 1.82) is 0 Å². The van der Waals surface area contributed by atoms with Gasteiger partial charge in [-0.25, -0.2) is 4.79 Å². The molecular formula is C11H11N3O3. The highest BCUT2D eigenvalue weighted by atomic mass is 16.4. The van der Waals surface area contributed by atoms with Crippen molar-refractivity contribution in [2.45, 2.75) is 6.42 Å². The molecule has 1 aliphatic heterocycles. The largest absolute Gasteiger partial charge is 0.477 e. The molecule has 2 rings (SSSR count). The summed E-state index contributed by atoms with van der Waals surface area (Å²) in [5, 5.41) is 16.6. The van der Waals surface area contributed by atoms with E-state index in [0.29, 0.717) is 5.69 Å². The first-order chi connectivity index (χ1) is 8.11. The van der Waals surface area contributed by atoms with E-state index >= 15 is 0 Å². The normalized spacial score (nSPS) is 14.8. The third-order valence-electron chi connectivity index (χ3n) is 2.42. The summed E-state index contributed by atoms with van der Waals surface area (Å²) in [6.45, 7) is 0. The molecule has 1 aliphatic rings. The van der Waals surface area contributed by atoms with Gasteiger partial charge in [-0.15, -0.1) is 0 Å². The van der Waals surface area contributed by atoms with Crippen LogP contribution >= 0.6 is 0 Å². The summed E-state index contributed by atoms with van der Waals surface area (Å²) in [6, 6.07) is 6.99. The molecule has 17 heavy (non-hydrogen) atoms. The molecule has 0 saturated heterocycles. The quantitative estimate of drug-likeness (QED) is 0.812. The second-order valence-corrected chi connectivity index (χ2v) is 3.53. The van der Waals surface area contributed by atoms with E-state index in [4.69, 9.17) is 5.11 Å². The molecule has 0 saturated carbocycles. The molecule has 1 amide bonds. The van der Waals surface area contributed by atoms with Crippen molar-refractivity contribution < 1.29 is 14.7 Å². The van der Waals surface area contributed by atoms with Gasteiger partial charge in [-0.3, -0.25) is 4.79 Å². The Labute approximate surface area is 97.5 Å². The van der Waals surface area contributed by atoms with Gasteiger partial charge in [-0.05, 0) is 24.3 Å². The van der Waals surface area contributed by atoms with Crippen molar-refractivity contribution in [3.05, 3.63) is 24.3 Å². The molecule has 1 aromatic carbocycles. The van der Waals surface area contributed by atoms with Gasteiger partial charge in [0.15, 0.2) is 5.71 Å². The molecule has 0 aliphatic carbocycles. The Morgan fingerprint density at radius 1 is 1.41 bits per heavy atom. The summed E-state index contributed by atoms with van der Waals surface area (Å²) in [4.78, 5) is 22.3. The number of anilines is 2. The fourth-order valence-corrected chi connectivity index (χ4v) is 1.52. The molecule has 1 aromatic rings. The first-order valence-corrected chi connectivity index (χ1v) is 5.03. The zero-order valence-corrected chi connectivity index (χ0v) is 9.17. The number of carbonyl (C=O) groups is 2. The second-order valence-electron chi connectivity index (χ2n) is 3.53. The Morgan fingerprint density at radius 3 is 2.53 bits per heavy atom. The maximum Gasteiger partial charge on any atom is 0.352 e. The summed E-state index contributed by atoms with van der Waals surface area (Å²) < 4.78 is 0. The first-order valence-electron chi connectivity index (χ1n) is 5.03. The van der Waals surface area contributed by atoms with E-state index in [2.05, 4.69) is 10.4 Å². The van der Waals surface area contributed by atoms with E-state index in [1.807, 2.05) is 0 Å². The van der Waals surface area contributed by atoms with Crippen LogP contribution in [-0.2, 0) is 9.59 Å². The third-order valence-corrected chi connectivity index (χ3v) is 2.42. The SMILES string of the molecule is CNc1ccc(N2N=C(C(=O)O)CC2=O)cc1. The summed E-state index contributed by atoms with van der Waals surface area (Å²) in [5.41, 5.74) is 1.33. The van der Waals surface area contributed by atoms with Gasteiger partial charge >= 0.3 is 5.97 Å². The van der Waals surface area contributed by atoms with Crippen LogP contribution in [0.2, 0.25) is 0 Å². The fourth-order valence-electron chi connectivity index (χ4n) is 1.52. The minimum absolute atomic E-state index is 0.132. The molecule has 0 atom stereocenters. The zero-order chi connectivity index (χ0) is 12.4. The first kappa shape index (κ1) is 11.1. The molecule has 0 spiro atoms. The predicted molar refractivity (Wildman–Crippen MR) is 63.2 cm³/mol. The van der Waals surface area contributed by atoms with Gasteiger partial charge in [-0.1, -0.05) is 0 Å². The number of rotatable bonds is 3. The molecule has 0 fully saturated rings. The van der Waals surface area contributed by atoms with E-state index in [-0.39, 0.29) is 18.0 Å². The standard InChI is InChI=1S/C11H11N3O3/c1-12-7-2-4-8(5-3-7)14-10(15)6-9(13-14)11(16)17/h2-5,12H,6H2,1H3,(H,16,17). The molecule has 6 nitrogen and oxygen atoms in total. The molecule has 6 heteroatoms. The van der Waals surface area contributed by atoms with E-state index < -0.39 is 5.97 Å². The number of carboxylic acid groups (broad SMARTS) is 1. The Hall–Kier alpha value is -2.37. The van der Waals surface area contributed by atoms with Gasteiger partial charge in [-0.2, -0.15) is 10.1 Å². The van der Waals surface area contributed by atoms with E-state index in [1.54, 1.807) is 31.3 Å². The maximum absolute atomic E-state index is 11.6. The van der Waals surface area contributed by atoms with E-state index in [1.165, 1.54) is 0 Å². The van der Waals surface area contributed by atoms with Gasteiger partial charge < -0.3 is 10.4 Å². The van der Waals surface area contributed by atoms with Gasteiger partial charge in [0.05, 0.1) is 12.1 Å². The number of hydrogen-bond acceptors (Lipinski definition) is 4. The highest BCUT2D eigenvalue weighted by Gasteiger charge is 2.28. The lowest BCUT2D eigenvalue weighted by Crippen LogP contribution is -2.19. The highest BCUT2D eigenvalue weighted by Crippen LogP contribution is 2.22. The van der Waals surface area contributed by atoms with Crippen LogP contribution in [0.25, 0.3) is 0 Å². The predicted octanol–water partition coefficient (Wildman–Crippen LogP) is 0.906. The Kier molecular flexibility index (Phi) is 2.78. The molecule has 1 heterocycles. The molecule has 0 radical (unpaired) electrons. The van der Waals surface area contributed by atoms with Gasteiger partial charge in [0.2, 0.25) is 0 Å². The van der Waals surface area contributed by atoms with Crippen molar-refractivity contribution in [3.8, 4) is 0 Å². The lowest BCUT2D eigenvalue weighted by molar-refractivity contribution is -0.129. The maximum atomic E-state index is 11.6. The van der Waals surface area contributed by atoms with Crippen LogP contribution in [0.15, 0.2) is 29.4 Å². The number of benzene rings is 1. The van der Waals surface area contributed by atoms with Crippen LogP contribution in [0.4, 0.5) is 11.4 Å². The topological polar surface area (TPSA) is 82.0 Å². The summed E-state index contributed by atoms with van der Waals surface area (Å²) in [5.74, 6) is -1.49. The van der Waals surface area contributed by atoms with E-state index in [0.717, 1.165) is 10.7 Å². The number of nitrogens with one attached hydrogen (secondary N) is 1. The molecule has 0 unspecified atom stereocenters. The van der Waals surface area contributed by atoms with Gasteiger partial charge in [0, 0.05) is 12.7 Å². The zero-order valence-electron chi connectivity index (χ0n) is 9.17. The monoisotopic (exact) mass is 233 g/mol. The Bertz CT molecular complexity index is 493. The second kappa shape index (κ2) is 4.25. The lowest BCUT2D eigenvalue weighted by atomic mass is 10.2. The Balaban J connectivity index is 2.27. The van der Waals surface area contributed by atoms with E-state index in [9.17, 15) is 9.59 Å². The van der Waals surface area contributed by atoms with Crippen molar-refractivity contribution >= 4 is 29.0 Å². The average Bonchev–Trinajstić information content (AvgIpc) is 2.72. The van der Waals surface area contributed by atoms with Crippen LogP contribution in [0, 0.1) is 0 Å². The molecule has 88 valence electrons. The summed E-state index contributed by atoms with van der Waals surface area (Å²) >= 11 is 0. The number of aliphatic carboxylic acids is 1. The number of hydrogen-bond donors (Lipinski definition) is 2. The van der Waals surface area contributed by atoms with Crippen molar-refractivity contribution in [1.82, 2.24) is 0 Å². The molecule has 2 N–H and O–H groups in total. The van der Waals surface area contributed by atoms with Crippen molar-refractivity contribution in [2.75, 3.05) is 17.4 Å². The van der Waals surface area contributed by atoms with Crippen LogP contribution in [-0.4, -0.2) is 29.7 Å². The number of nitrogens with zero attached hydrogens (tertiary/aromatic N) is 2. The minimum Gasteiger partial charge on any atom is -0.477 e. The van der Waals surface area contributed by atoms with Crippen molar-refractivity contribution in [3.63, 3.8) is 0 Å². The Morgan fingerprint density at radius 2 is 2.06 bits per heavy atom. The molecule has 0 aromatic heterocycles. The van der Waals surface area contributed by atoms with Crippen LogP contribution in [0.3, 0.4) is 0 Å². The van der Waals surface area contributed by atoms with Gasteiger partial charge in [0.1, 0.15) is 0 Å². The highest BCUT2D eigenvalue weighted by molar-refractivity contribution is 6.42. The molecule has 0 bridgehead atoms. The van der Waals surface area contributed by atoms with Crippen LogP contribution < -0.4 is 10.3 Å². The summed E-state index contributed by atoms with van der Waals surface area (Å²) in [7, 11) is 1.79. The number of hydrazone groups is 1. The fraction of sp³-hybridized carbons (Fsp3) is 0.182. The summed E-state index contributed by atoms with van der Waals surface area (Å²) in [6.07, 6.45) is -0.164. The van der Waals surface area contributed by atoms with Crippen LogP contribution in [0.1, 0.15) is 6.42 Å². The number of carboxylic acids is 1. The van der Waals surface area contributed by atoms with Crippen molar-refractivity contribution in [2.24, 2.45) is 5.10 Å². The molecular weight excluding hydrogens is 222 g/mol. The third kappa shape index (κ3) is 2.10. The number of amides is 1. The average molecular weight is 233 g/mol. The number of carbonyl (C=O) groups excluding carboxylic acids is 1.